The van der Waals surface area contributed by atoms with Crippen molar-refractivity contribution in [3.05, 3.63) is 0 Å². The molecule has 0 aromatic carbocycles. The van der Waals surface area contributed by atoms with Gasteiger partial charge >= 0.3 is 0 Å². The summed E-state index contributed by atoms with van der Waals surface area (Å²) in [6.07, 6.45) is 5.72. The van der Waals surface area contributed by atoms with Crippen molar-refractivity contribution < 1.29 is 0 Å². The molecular weight excluding hydrogens is 168 g/mol. The molecule has 0 spiro atoms. The smallest absolute Gasteiger partial charge is 0.156 e. The van der Waals surface area contributed by atoms with Crippen LogP contribution in [0, 0.1) is 5.92 Å². The van der Waals surface area contributed by atoms with Gasteiger partial charge in [0.25, 0.3) is 0 Å². The summed E-state index contributed by atoms with van der Waals surface area (Å²) in [4.78, 5) is 4.37. The highest BCUT2D eigenvalue weighted by Crippen LogP contribution is 2.24. The van der Waals surface area contributed by atoms with Crippen LogP contribution in [0.1, 0.15) is 25.7 Å². The van der Waals surface area contributed by atoms with Gasteiger partial charge in [-0.3, -0.25) is 4.99 Å². The molecule has 1 N–H and O–H groups in total. The number of thioether (sulfide) groups is 1. The summed E-state index contributed by atoms with van der Waals surface area (Å²) in [5.74, 6) is 2.10. The highest BCUT2D eigenvalue weighted by Gasteiger charge is 2.15. The zero-order chi connectivity index (χ0) is 8.23. The fraction of sp³-hybridized carbons (Fsp3) is 0.889. The van der Waals surface area contributed by atoms with Gasteiger partial charge in [-0.25, -0.2) is 0 Å². The zero-order valence-corrected chi connectivity index (χ0v) is 8.20. The van der Waals surface area contributed by atoms with E-state index in [1.807, 2.05) is 11.8 Å². The second-order valence-corrected chi connectivity index (χ2v) is 4.65. The maximum Gasteiger partial charge on any atom is 0.156 e. The van der Waals surface area contributed by atoms with Crippen molar-refractivity contribution in [3.8, 4) is 0 Å². The predicted molar refractivity (Wildman–Crippen MR) is 54.7 cm³/mol. The van der Waals surface area contributed by atoms with Crippen LogP contribution in [0.25, 0.3) is 0 Å². The Bertz CT molecular complexity index is 173. The van der Waals surface area contributed by atoms with Crippen LogP contribution in [0.5, 0.6) is 0 Å². The molecule has 12 heavy (non-hydrogen) atoms. The Hall–Kier alpha value is -0.180. The highest BCUT2D eigenvalue weighted by molar-refractivity contribution is 8.14. The number of nitrogens with one attached hydrogen (secondary N) is 1. The largest absolute Gasteiger partial charge is 0.365 e. The van der Waals surface area contributed by atoms with Gasteiger partial charge in [0, 0.05) is 12.3 Å². The Balaban J connectivity index is 1.67. The topological polar surface area (TPSA) is 24.4 Å². The summed E-state index contributed by atoms with van der Waals surface area (Å²) in [5, 5.41) is 4.62. The van der Waals surface area contributed by atoms with Crippen molar-refractivity contribution in [3.63, 3.8) is 0 Å². The standard InChI is InChI=1S/C9H16N2S/c1-2-4-8(3-1)7-11-9-10-5-6-12-9/h8H,1-7H2,(H,10,11). The van der Waals surface area contributed by atoms with Gasteiger partial charge < -0.3 is 5.32 Å². The lowest BCUT2D eigenvalue weighted by atomic mass is 10.1. The first-order valence-corrected chi connectivity index (χ1v) is 5.85. The molecule has 1 aliphatic heterocycles. The molecule has 2 nitrogen and oxygen atoms in total. The first-order chi connectivity index (χ1) is 5.95. The molecule has 0 aromatic heterocycles. The minimum Gasteiger partial charge on any atom is -0.365 e. The van der Waals surface area contributed by atoms with Crippen molar-refractivity contribution in [1.29, 1.82) is 0 Å². The Morgan fingerprint density at radius 3 is 2.92 bits per heavy atom. The first kappa shape index (κ1) is 8.42. The van der Waals surface area contributed by atoms with E-state index in [4.69, 9.17) is 0 Å². The number of hydrogen-bond acceptors (Lipinski definition) is 3. The van der Waals surface area contributed by atoms with Crippen LogP contribution in [0.4, 0.5) is 0 Å². The molecule has 68 valence electrons. The normalized spacial score (nSPS) is 24.5. The second-order valence-electron chi connectivity index (χ2n) is 3.57. The van der Waals surface area contributed by atoms with E-state index in [1.165, 1.54) is 36.6 Å². The van der Waals surface area contributed by atoms with Crippen molar-refractivity contribution >= 4 is 16.9 Å². The average Bonchev–Trinajstić information content (AvgIpc) is 2.74. The molecule has 1 fully saturated rings. The Kier molecular flexibility index (Phi) is 2.93. The van der Waals surface area contributed by atoms with Crippen LogP contribution in [-0.2, 0) is 0 Å². The lowest BCUT2D eigenvalue weighted by Crippen LogP contribution is -2.24. The maximum atomic E-state index is 4.37. The molecule has 0 aromatic rings. The monoisotopic (exact) mass is 184 g/mol. The summed E-state index contributed by atoms with van der Waals surface area (Å²) in [5.41, 5.74) is 0. The first-order valence-electron chi connectivity index (χ1n) is 4.86. The summed E-state index contributed by atoms with van der Waals surface area (Å²) in [6, 6.07) is 0. The van der Waals surface area contributed by atoms with Crippen LogP contribution >= 0.6 is 11.8 Å². The third-order valence-corrected chi connectivity index (χ3v) is 3.54. The minimum absolute atomic E-state index is 0.925. The molecule has 2 rings (SSSR count). The SMILES string of the molecule is C1CCC(CNC2=NCCS2)C1. The van der Waals surface area contributed by atoms with Crippen LogP contribution in [0.2, 0.25) is 0 Å². The molecule has 0 radical (unpaired) electrons. The van der Waals surface area contributed by atoms with Gasteiger partial charge in [0.2, 0.25) is 0 Å². The lowest BCUT2D eigenvalue weighted by Gasteiger charge is -2.10. The van der Waals surface area contributed by atoms with Gasteiger partial charge in [-0.15, -0.1) is 0 Å². The number of amidine groups is 1. The second kappa shape index (κ2) is 4.17. The van der Waals surface area contributed by atoms with Crippen molar-refractivity contribution in [1.82, 2.24) is 5.32 Å². The van der Waals surface area contributed by atoms with Crippen LogP contribution in [0.3, 0.4) is 0 Å². The van der Waals surface area contributed by atoms with Crippen molar-refractivity contribution in [2.75, 3.05) is 18.8 Å². The number of rotatable bonds is 2. The van der Waals surface area contributed by atoms with E-state index in [2.05, 4.69) is 10.3 Å². The number of nitrogens with zero attached hydrogens (tertiary/aromatic N) is 1. The van der Waals surface area contributed by atoms with Crippen LogP contribution < -0.4 is 5.32 Å². The van der Waals surface area contributed by atoms with Gasteiger partial charge in [0.1, 0.15) is 0 Å². The lowest BCUT2D eigenvalue weighted by molar-refractivity contribution is 0.537. The van der Waals surface area contributed by atoms with Crippen molar-refractivity contribution in [2.24, 2.45) is 10.9 Å². The van der Waals surface area contributed by atoms with Gasteiger partial charge in [-0.1, -0.05) is 24.6 Å². The van der Waals surface area contributed by atoms with Gasteiger partial charge in [-0.05, 0) is 18.8 Å². The average molecular weight is 184 g/mol. The minimum atomic E-state index is 0.925. The Labute approximate surface area is 78.2 Å². The fourth-order valence-electron chi connectivity index (χ4n) is 1.89. The zero-order valence-electron chi connectivity index (χ0n) is 7.38. The molecule has 1 heterocycles. The molecule has 1 saturated carbocycles. The summed E-state index contributed by atoms with van der Waals surface area (Å²) < 4.78 is 0. The number of aliphatic imine (C=N–C) groups is 1. The maximum absolute atomic E-state index is 4.37. The van der Waals surface area contributed by atoms with E-state index in [0.29, 0.717) is 0 Å². The summed E-state index contributed by atoms with van der Waals surface area (Å²) >= 11 is 1.86. The van der Waals surface area contributed by atoms with E-state index in [1.54, 1.807) is 0 Å². The molecule has 0 atom stereocenters. The molecule has 0 amide bonds. The highest BCUT2D eigenvalue weighted by atomic mass is 32.2. The van der Waals surface area contributed by atoms with Gasteiger partial charge in [0.15, 0.2) is 5.17 Å². The van der Waals surface area contributed by atoms with E-state index in [9.17, 15) is 0 Å². The van der Waals surface area contributed by atoms with Crippen LogP contribution in [0.15, 0.2) is 4.99 Å². The summed E-state index contributed by atoms with van der Waals surface area (Å²) in [7, 11) is 0. The Morgan fingerprint density at radius 1 is 1.42 bits per heavy atom. The molecular formula is C9H16N2S. The quantitative estimate of drug-likeness (QED) is 0.708. The number of hydrogen-bond donors (Lipinski definition) is 1. The van der Waals surface area contributed by atoms with Gasteiger partial charge in [0.05, 0.1) is 6.54 Å². The molecule has 1 aliphatic carbocycles. The molecule has 3 heteroatoms. The molecule has 0 saturated heterocycles. The fourth-order valence-corrected chi connectivity index (χ4v) is 2.63. The molecule has 0 bridgehead atoms. The Morgan fingerprint density at radius 2 is 2.25 bits per heavy atom. The van der Waals surface area contributed by atoms with E-state index in [0.717, 1.165) is 19.0 Å². The van der Waals surface area contributed by atoms with Gasteiger partial charge in [-0.2, -0.15) is 0 Å². The molecule has 0 unspecified atom stereocenters. The van der Waals surface area contributed by atoms with E-state index in [-0.39, 0.29) is 0 Å². The summed E-state index contributed by atoms with van der Waals surface area (Å²) in [6.45, 7) is 2.17. The third kappa shape index (κ3) is 2.16. The van der Waals surface area contributed by atoms with Crippen molar-refractivity contribution in [2.45, 2.75) is 25.7 Å². The van der Waals surface area contributed by atoms with Crippen LogP contribution in [-0.4, -0.2) is 24.0 Å². The molecule has 2 aliphatic rings. The van der Waals surface area contributed by atoms with E-state index >= 15 is 0 Å². The third-order valence-electron chi connectivity index (χ3n) is 2.60. The predicted octanol–water partition coefficient (Wildman–Crippen LogP) is 1.87. The van der Waals surface area contributed by atoms with E-state index < -0.39 is 0 Å².